The molecule has 0 radical (unpaired) electrons. The molecule has 5 nitrogen and oxygen atoms in total. The Morgan fingerprint density at radius 1 is 1.11 bits per heavy atom. The van der Waals surface area contributed by atoms with Crippen LogP contribution in [-0.4, -0.2) is 37.9 Å². The number of aliphatic hydroxyl groups is 2. The number of nitriles is 1. The molecule has 36 heavy (non-hydrogen) atoms. The summed E-state index contributed by atoms with van der Waals surface area (Å²) in [4.78, 5) is 0. The topological polar surface area (TPSA) is 82.1 Å². The van der Waals surface area contributed by atoms with Crippen LogP contribution in [0.5, 0.6) is 0 Å². The zero-order chi connectivity index (χ0) is 26.1. The van der Waals surface area contributed by atoms with Gasteiger partial charge in [0.15, 0.2) is 5.60 Å². The summed E-state index contributed by atoms with van der Waals surface area (Å²) >= 11 is 0. The Hall–Kier alpha value is -1.59. The lowest BCUT2D eigenvalue weighted by atomic mass is 9.43. The first-order chi connectivity index (χ1) is 16.8. The zero-order valence-corrected chi connectivity index (χ0v) is 21.6. The van der Waals surface area contributed by atoms with E-state index in [0.717, 1.165) is 38.5 Å². The second-order valence-corrected chi connectivity index (χ2v) is 13.1. The van der Waals surface area contributed by atoms with Gasteiger partial charge >= 0.3 is 6.18 Å². The molecule has 2 N–H and O–H groups in total. The molecule has 1 aromatic rings. The SMILES string of the molecule is C[C@H]([C@H](O)Cn1cc(C#N)cn1)[C@H]1CC[C@H]2[C@@H]3CC[C@@H]4C[C@@](O)(C(F)(F)F)CC[C@]4(C)[C@H]3CC[C@@]12C. The van der Waals surface area contributed by atoms with Crippen LogP contribution in [0.4, 0.5) is 13.2 Å². The lowest BCUT2D eigenvalue weighted by Gasteiger charge is -2.62. The van der Waals surface area contributed by atoms with Crippen molar-refractivity contribution in [2.45, 2.75) is 103 Å². The third-order valence-electron chi connectivity index (χ3n) is 11.7. The Balaban J connectivity index is 1.30. The summed E-state index contributed by atoms with van der Waals surface area (Å²) < 4.78 is 42.5. The number of hydrogen-bond acceptors (Lipinski definition) is 4. The van der Waals surface area contributed by atoms with Crippen molar-refractivity contribution in [3.8, 4) is 6.07 Å². The molecule has 0 saturated heterocycles. The first-order valence-electron chi connectivity index (χ1n) is 13.7. The summed E-state index contributed by atoms with van der Waals surface area (Å²) in [7, 11) is 0. The van der Waals surface area contributed by atoms with Gasteiger partial charge in [-0.05, 0) is 104 Å². The minimum absolute atomic E-state index is 0.0752. The number of aromatic nitrogens is 2. The average Bonchev–Trinajstić information content (AvgIpc) is 3.41. The van der Waals surface area contributed by atoms with E-state index in [-0.39, 0.29) is 35.5 Å². The van der Waals surface area contributed by atoms with Crippen LogP contribution in [0.25, 0.3) is 0 Å². The van der Waals surface area contributed by atoms with E-state index in [1.807, 2.05) is 0 Å². The van der Waals surface area contributed by atoms with Gasteiger partial charge < -0.3 is 10.2 Å². The van der Waals surface area contributed by atoms with E-state index in [1.54, 1.807) is 10.9 Å². The summed E-state index contributed by atoms with van der Waals surface area (Å²) in [6, 6.07) is 2.07. The molecule has 0 aromatic carbocycles. The number of halogens is 3. The predicted octanol–water partition coefficient (Wildman–Crippen LogP) is 5.70. The Labute approximate surface area is 212 Å². The standard InChI is InChI=1S/C28H40F3N3O2/c1-17(24(35)16-34-15-18(13-32)14-33-34)21-6-7-22-20-5-4-19-12-27(36,28(29,30)31)11-10-25(19,2)23(20)8-9-26(21,22)3/h14-15,17,19-24,35-36H,4-12,16H2,1-3H3/t17-,19+,20-,21+,22-,23-,24+,25-,26-,27+/m0/s1. The van der Waals surface area contributed by atoms with Crippen LogP contribution in [0.1, 0.15) is 84.1 Å². The number of nitrogens with zero attached hydrogens (tertiary/aromatic N) is 3. The van der Waals surface area contributed by atoms with Crippen molar-refractivity contribution < 1.29 is 23.4 Å². The van der Waals surface area contributed by atoms with Crippen LogP contribution in [0.15, 0.2) is 12.4 Å². The molecule has 1 aromatic heterocycles. The zero-order valence-electron chi connectivity index (χ0n) is 21.6. The monoisotopic (exact) mass is 507 g/mol. The minimum atomic E-state index is -4.56. The maximum Gasteiger partial charge on any atom is 0.417 e. The summed E-state index contributed by atoms with van der Waals surface area (Å²) in [5.41, 5.74) is -2.06. The van der Waals surface area contributed by atoms with E-state index in [4.69, 9.17) is 5.26 Å². The fraction of sp³-hybridized carbons (Fsp3) is 0.857. The largest absolute Gasteiger partial charge is 0.417 e. The van der Waals surface area contributed by atoms with Crippen molar-refractivity contribution in [3.63, 3.8) is 0 Å². The van der Waals surface area contributed by atoms with Gasteiger partial charge in [-0.15, -0.1) is 0 Å². The second-order valence-electron chi connectivity index (χ2n) is 13.1. The molecule has 0 aliphatic heterocycles. The number of fused-ring (bicyclic) bond motifs is 5. The van der Waals surface area contributed by atoms with Gasteiger partial charge in [-0.25, -0.2) is 0 Å². The fourth-order valence-corrected chi connectivity index (χ4v) is 9.55. The summed E-state index contributed by atoms with van der Waals surface area (Å²) in [5, 5.41) is 34.8. The molecule has 4 fully saturated rings. The lowest BCUT2D eigenvalue weighted by Crippen LogP contribution is -2.59. The quantitative estimate of drug-likeness (QED) is 0.547. The molecule has 0 spiro atoms. The van der Waals surface area contributed by atoms with Gasteiger partial charge in [0.2, 0.25) is 0 Å². The third-order valence-corrected chi connectivity index (χ3v) is 11.7. The number of hydrogen-bond donors (Lipinski definition) is 2. The Morgan fingerprint density at radius 3 is 2.50 bits per heavy atom. The van der Waals surface area contributed by atoms with Crippen molar-refractivity contribution in [3.05, 3.63) is 18.0 Å². The fourth-order valence-electron chi connectivity index (χ4n) is 9.55. The molecule has 0 bridgehead atoms. The van der Waals surface area contributed by atoms with E-state index < -0.39 is 17.9 Å². The third kappa shape index (κ3) is 3.91. The molecule has 10 atom stereocenters. The van der Waals surface area contributed by atoms with Crippen molar-refractivity contribution >= 4 is 0 Å². The van der Waals surface area contributed by atoms with Crippen LogP contribution >= 0.6 is 0 Å². The molecule has 4 aliphatic rings. The Bertz CT molecular complexity index is 1020. The molecule has 5 rings (SSSR count). The van der Waals surface area contributed by atoms with Gasteiger partial charge in [-0.3, -0.25) is 4.68 Å². The lowest BCUT2D eigenvalue weighted by molar-refractivity contribution is -0.290. The molecule has 0 amide bonds. The van der Waals surface area contributed by atoms with Gasteiger partial charge in [0.1, 0.15) is 6.07 Å². The summed E-state index contributed by atoms with van der Waals surface area (Å²) in [5.74, 6) is 1.87. The van der Waals surface area contributed by atoms with Crippen LogP contribution in [0.3, 0.4) is 0 Å². The van der Waals surface area contributed by atoms with Crippen molar-refractivity contribution in [1.82, 2.24) is 9.78 Å². The van der Waals surface area contributed by atoms with E-state index in [1.165, 1.54) is 6.20 Å². The van der Waals surface area contributed by atoms with E-state index in [0.29, 0.717) is 42.2 Å². The van der Waals surface area contributed by atoms with Crippen molar-refractivity contribution in [1.29, 1.82) is 5.26 Å². The van der Waals surface area contributed by atoms with E-state index in [9.17, 15) is 23.4 Å². The first-order valence-corrected chi connectivity index (χ1v) is 13.7. The molecular formula is C28H40F3N3O2. The first kappa shape index (κ1) is 26.0. The van der Waals surface area contributed by atoms with Crippen LogP contribution in [0.2, 0.25) is 0 Å². The highest BCUT2D eigenvalue weighted by molar-refractivity contribution is 5.21. The number of aliphatic hydroxyl groups excluding tert-OH is 1. The maximum absolute atomic E-state index is 13.6. The second kappa shape index (κ2) is 8.73. The molecule has 4 aliphatic carbocycles. The van der Waals surface area contributed by atoms with Crippen LogP contribution in [-0.2, 0) is 6.54 Å². The molecule has 200 valence electrons. The highest BCUT2D eigenvalue weighted by atomic mass is 19.4. The van der Waals surface area contributed by atoms with Crippen molar-refractivity contribution in [2.24, 2.45) is 46.3 Å². The highest BCUT2D eigenvalue weighted by Crippen LogP contribution is 2.69. The van der Waals surface area contributed by atoms with Gasteiger partial charge in [-0.2, -0.15) is 23.5 Å². The van der Waals surface area contributed by atoms with Crippen molar-refractivity contribution in [2.75, 3.05) is 0 Å². The van der Waals surface area contributed by atoms with E-state index in [2.05, 4.69) is 31.9 Å². The van der Waals surface area contributed by atoms with Crippen LogP contribution < -0.4 is 0 Å². The molecule has 1 heterocycles. The summed E-state index contributed by atoms with van der Waals surface area (Å²) in [6.07, 6.45) is 4.18. The van der Waals surface area contributed by atoms with E-state index >= 15 is 0 Å². The predicted molar refractivity (Wildman–Crippen MR) is 128 cm³/mol. The minimum Gasteiger partial charge on any atom is -0.391 e. The number of alkyl halides is 3. The van der Waals surface area contributed by atoms with Gasteiger partial charge in [0.05, 0.1) is 24.4 Å². The normalized spacial score (nSPS) is 44.1. The smallest absolute Gasteiger partial charge is 0.391 e. The Morgan fingerprint density at radius 2 is 1.83 bits per heavy atom. The molecule has 8 heteroatoms. The number of rotatable bonds is 4. The maximum atomic E-state index is 13.6. The van der Waals surface area contributed by atoms with Gasteiger partial charge in [-0.1, -0.05) is 20.8 Å². The molecule has 4 saturated carbocycles. The van der Waals surface area contributed by atoms with Gasteiger partial charge in [0.25, 0.3) is 0 Å². The molecular weight excluding hydrogens is 467 g/mol. The molecule has 0 unspecified atom stereocenters. The Kier molecular flexibility index (Phi) is 6.31. The van der Waals surface area contributed by atoms with Crippen LogP contribution in [0, 0.1) is 57.7 Å². The average molecular weight is 508 g/mol. The highest BCUT2D eigenvalue weighted by Gasteiger charge is 2.65. The van der Waals surface area contributed by atoms with Gasteiger partial charge in [0, 0.05) is 6.20 Å². The summed E-state index contributed by atoms with van der Waals surface area (Å²) in [6.45, 7) is 7.12.